The van der Waals surface area contributed by atoms with Crippen LogP contribution < -0.4 is 4.90 Å². The van der Waals surface area contributed by atoms with Gasteiger partial charge in [-0.1, -0.05) is 13.8 Å². The molecular formula is C21H29N3O5S2. The van der Waals surface area contributed by atoms with E-state index in [2.05, 4.69) is 13.8 Å². The number of amides is 2. The van der Waals surface area contributed by atoms with Gasteiger partial charge in [0.1, 0.15) is 6.54 Å². The van der Waals surface area contributed by atoms with Gasteiger partial charge in [-0.25, -0.2) is 8.42 Å². The molecular weight excluding hydrogens is 438 g/mol. The number of hydrogen-bond donors (Lipinski definition) is 0. The van der Waals surface area contributed by atoms with Crippen molar-refractivity contribution in [2.75, 3.05) is 56.6 Å². The predicted octanol–water partition coefficient (Wildman–Crippen LogP) is 1.65. The summed E-state index contributed by atoms with van der Waals surface area (Å²) in [6.07, 6.45) is 1.09. The maximum Gasteiger partial charge on any atom is 0.243 e. The maximum atomic E-state index is 13.1. The van der Waals surface area contributed by atoms with Crippen molar-refractivity contribution in [1.29, 1.82) is 0 Å². The summed E-state index contributed by atoms with van der Waals surface area (Å²) in [7, 11) is -3.69. The minimum atomic E-state index is -3.69. The van der Waals surface area contributed by atoms with E-state index >= 15 is 0 Å². The summed E-state index contributed by atoms with van der Waals surface area (Å²) in [4.78, 5) is 30.0. The number of ether oxygens (including phenoxy) is 1. The molecule has 8 nitrogen and oxygen atoms in total. The molecule has 0 aliphatic carbocycles. The van der Waals surface area contributed by atoms with Crippen LogP contribution in [0.15, 0.2) is 28.0 Å². The lowest BCUT2D eigenvalue weighted by molar-refractivity contribution is -0.133. The first-order chi connectivity index (χ1) is 14.8. The number of hydrogen-bond acceptors (Lipinski definition) is 6. The second-order valence-electron chi connectivity index (χ2n) is 8.66. The topological polar surface area (TPSA) is 87.2 Å². The Hall–Kier alpha value is -1.62. The molecule has 2 amide bonds. The highest BCUT2D eigenvalue weighted by Crippen LogP contribution is 2.37. The minimum Gasteiger partial charge on any atom is -0.379 e. The number of likely N-dealkylation sites (tertiary alicyclic amines) is 1. The largest absolute Gasteiger partial charge is 0.379 e. The van der Waals surface area contributed by atoms with Crippen LogP contribution in [-0.2, 0) is 24.3 Å². The van der Waals surface area contributed by atoms with Crippen molar-refractivity contribution in [3.8, 4) is 0 Å². The lowest BCUT2D eigenvalue weighted by atomic mass is 9.92. The third-order valence-corrected chi connectivity index (χ3v) is 8.94. The number of anilines is 1. The van der Waals surface area contributed by atoms with Crippen molar-refractivity contribution in [1.82, 2.24) is 9.21 Å². The maximum absolute atomic E-state index is 13.1. The van der Waals surface area contributed by atoms with Crippen LogP contribution in [0.5, 0.6) is 0 Å². The van der Waals surface area contributed by atoms with E-state index in [1.807, 2.05) is 4.90 Å². The van der Waals surface area contributed by atoms with Crippen LogP contribution >= 0.6 is 11.8 Å². The number of rotatable bonds is 4. The molecule has 0 aromatic heterocycles. The molecule has 31 heavy (non-hydrogen) atoms. The summed E-state index contributed by atoms with van der Waals surface area (Å²) in [6.45, 7) is 6.94. The fourth-order valence-corrected chi connectivity index (χ4v) is 6.90. The first-order valence-electron chi connectivity index (χ1n) is 10.7. The smallest absolute Gasteiger partial charge is 0.243 e. The number of benzene rings is 1. The molecule has 2 atom stereocenters. The van der Waals surface area contributed by atoms with Crippen LogP contribution in [0.4, 0.5) is 5.69 Å². The van der Waals surface area contributed by atoms with Crippen LogP contribution in [-0.4, -0.2) is 81.1 Å². The number of morpholine rings is 1. The van der Waals surface area contributed by atoms with E-state index in [1.165, 1.54) is 21.0 Å². The van der Waals surface area contributed by atoms with Crippen molar-refractivity contribution in [3.05, 3.63) is 18.2 Å². The molecule has 0 saturated carbocycles. The normalized spacial score (nSPS) is 25.4. The summed E-state index contributed by atoms with van der Waals surface area (Å²) in [5, 5.41) is 0. The van der Waals surface area contributed by atoms with Gasteiger partial charge in [0.05, 0.1) is 29.5 Å². The predicted molar refractivity (Wildman–Crippen MR) is 119 cm³/mol. The van der Waals surface area contributed by atoms with Gasteiger partial charge in [-0.15, -0.1) is 11.8 Å². The molecule has 0 unspecified atom stereocenters. The molecule has 0 bridgehead atoms. The van der Waals surface area contributed by atoms with E-state index < -0.39 is 10.0 Å². The van der Waals surface area contributed by atoms with E-state index in [9.17, 15) is 18.0 Å². The Morgan fingerprint density at radius 2 is 1.84 bits per heavy atom. The Labute approximate surface area is 187 Å². The van der Waals surface area contributed by atoms with Crippen molar-refractivity contribution < 1.29 is 22.7 Å². The Morgan fingerprint density at radius 1 is 1.16 bits per heavy atom. The van der Waals surface area contributed by atoms with Crippen LogP contribution in [0.3, 0.4) is 0 Å². The fraction of sp³-hybridized carbons (Fsp3) is 0.619. The van der Waals surface area contributed by atoms with Crippen LogP contribution in [0.1, 0.15) is 20.3 Å². The first kappa shape index (κ1) is 22.6. The van der Waals surface area contributed by atoms with Crippen LogP contribution in [0, 0.1) is 11.8 Å². The zero-order valence-electron chi connectivity index (χ0n) is 18.0. The second kappa shape index (κ2) is 9.09. The molecule has 1 aromatic rings. The monoisotopic (exact) mass is 467 g/mol. The van der Waals surface area contributed by atoms with E-state index in [4.69, 9.17) is 4.74 Å². The van der Waals surface area contributed by atoms with Crippen molar-refractivity contribution in [2.24, 2.45) is 11.8 Å². The highest BCUT2D eigenvalue weighted by Gasteiger charge is 2.33. The van der Waals surface area contributed by atoms with Crippen molar-refractivity contribution in [2.45, 2.75) is 30.1 Å². The quantitative estimate of drug-likeness (QED) is 0.669. The summed E-state index contributed by atoms with van der Waals surface area (Å²) >= 11 is 1.37. The number of fused-ring (bicyclic) bond motifs is 1. The molecule has 4 rings (SSSR count). The molecule has 0 N–H and O–H groups in total. The van der Waals surface area contributed by atoms with Gasteiger partial charge in [0, 0.05) is 31.1 Å². The minimum absolute atomic E-state index is 0.0626. The number of carbonyl (C=O) groups excluding carboxylic acids is 2. The number of thioether (sulfide) groups is 1. The highest BCUT2D eigenvalue weighted by atomic mass is 32.2. The lowest BCUT2D eigenvalue weighted by Gasteiger charge is -2.37. The first-order valence-corrected chi connectivity index (χ1v) is 13.1. The van der Waals surface area contributed by atoms with Gasteiger partial charge >= 0.3 is 0 Å². The van der Waals surface area contributed by atoms with Gasteiger partial charge in [-0.3, -0.25) is 9.59 Å². The molecule has 10 heteroatoms. The van der Waals surface area contributed by atoms with E-state index in [0.29, 0.717) is 56.9 Å². The van der Waals surface area contributed by atoms with Gasteiger partial charge in [-0.05, 0) is 36.5 Å². The van der Waals surface area contributed by atoms with Gasteiger partial charge in [-0.2, -0.15) is 4.31 Å². The molecule has 2 saturated heterocycles. The Kier molecular flexibility index (Phi) is 6.62. The standard InChI is InChI=1S/C21H29N3O5S2/c1-15-9-16(2)12-22(11-15)20(25)13-24-18-10-17(3-4-19(18)30-14-21(24)26)31(27,28)23-5-7-29-8-6-23/h3-4,10,15-16H,5-9,11-14H2,1-2H3/t15-,16-/m0/s1. The number of nitrogens with zero attached hydrogens (tertiary/aromatic N) is 3. The van der Waals surface area contributed by atoms with E-state index in [0.717, 1.165) is 11.3 Å². The Bertz CT molecular complexity index is 952. The third-order valence-electron chi connectivity index (χ3n) is 6.00. The molecule has 2 fully saturated rings. The molecule has 0 radical (unpaired) electrons. The summed E-state index contributed by atoms with van der Waals surface area (Å²) in [5.41, 5.74) is 0.502. The average molecular weight is 468 g/mol. The van der Waals surface area contributed by atoms with E-state index in [1.54, 1.807) is 18.2 Å². The van der Waals surface area contributed by atoms with Gasteiger partial charge < -0.3 is 14.5 Å². The van der Waals surface area contributed by atoms with Crippen molar-refractivity contribution in [3.63, 3.8) is 0 Å². The molecule has 0 spiro atoms. The molecule has 3 heterocycles. The third kappa shape index (κ3) is 4.76. The average Bonchev–Trinajstić information content (AvgIpc) is 2.75. The van der Waals surface area contributed by atoms with Crippen molar-refractivity contribution >= 4 is 39.3 Å². The molecule has 3 aliphatic rings. The van der Waals surface area contributed by atoms with Crippen LogP contribution in [0.25, 0.3) is 0 Å². The second-order valence-corrected chi connectivity index (χ2v) is 11.6. The van der Waals surface area contributed by atoms with Crippen LogP contribution in [0.2, 0.25) is 0 Å². The van der Waals surface area contributed by atoms with E-state index in [-0.39, 0.29) is 29.0 Å². The fourth-order valence-electron chi connectivity index (χ4n) is 4.55. The number of sulfonamides is 1. The summed E-state index contributed by atoms with van der Waals surface area (Å²) in [6, 6.07) is 4.86. The SMILES string of the molecule is C[C@H]1C[C@H](C)CN(C(=O)CN2C(=O)CSc3ccc(S(=O)(=O)N4CCOCC4)cc32)C1. The zero-order chi connectivity index (χ0) is 22.2. The number of piperidine rings is 1. The lowest BCUT2D eigenvalue weighted by Crippen LogP contribution is -2.49. The van der Waals surface area contributed by atoms with Gasteiger partial charge in [0.25, 0.3) is 0 Å². The highest BCUT2D eigenvalue weighted by molar-refractivity contribution is 8.00. The summed E-state index contributed by atoms with van der Waals surface area (Å²) in [5.74, 6) is 0.828. The molecule has 3 aliphatic heterocycles. The summed E-state index contributed by atoms with van der Waals surface area (Å²) < 4.78 is 32.8. The zero-order valence-corrected chi connectivity index (χ0v) is 19.6. The van der Waals surface area contributed by atoms with Gasteiger partial charge in [0.2, 0.25) is 21.8 Å². The van der Waals surface area contributed by atoms with Gasteiger partial charge in [0.15, 0.2) is 0 Å². The number of carbonyl (C=O) groups is 2. The molecule has 170 valence electrons. The Morgan fingerprint density at radius 3 is 2.52 bits per heavy atom. The molecule has 1 aromatic carbocycles. The Balaban J connectivity index is 1.59.